The van der Waals surface area contributed by atoms with Gasteiger partial charge in [-0.3, -0.25) is 4.79 Å². The van der Waals surface area contributed by atoms with E-state index in [9.17, 15) is 4.79 Å². The van der Waals surface area contributed by atoms with Gasteiger partial charge in [0.2, 0.25) is 0 Å². The zero-order chi connectivity index (χ0) is 14.6. The van der Waals surface area contributed by atoms with Crippen LogP contribution in [0.2, 0.25) is 0 Å². The largest absolute Gasteiger partial charge is 0.321 e. The quantitative estimate of drug-likeness (QED) is 0.910. The highest BCUT2D eigenvalue weighted by Crippen LogP contribution is 2.29. The molecule has 1 aromatic rings. The van der Waals surface area contributed by atoms with Crippen LogP contribution in [0.4, 0.5) is 0 Å². The van der Waals surface area contributed by atoms with E-state index >= 15 is 0 Å². The van der Waals surface area contributed by atoms with Crippen molar-refractivity contribution < 1.29 is 4.79 Å². The van der Waals surface area contributed by atoms with E-state index in [0.717, 1.165) is 23.5 Å². The third-order valence-corrected chi connectivity index (χ3v) is 4.20. The molecule has 0 aromatic carbocycles. The topological polar surface area (TPSA) is 42.0 Å². The maximum absolute atomic E-state index is 12.1. The summed E-state index contributed by atoms with van der Waals surface area (Å²) in [6, 6.07) is 0. The zero-order valence-corrected chi connectivity index (χ0v) is 13.0. The smallest absolute Gasteiger partial charge is 0.267 e. The Kier molecular flexibility index (Phi) is 4.55. The zero-order valence-electron chi connectivity index (χ0n) is 12.1. The van der Waals surface area contributed by atoms with Crippen LogP contribution in [0.3, 0.4) is 0 Å². The molecule has 1 amide bonds. The first-order valence-corrected chi connectivity index (χ1v) is 7.66. The van der Waals surface area contributed by atoms with Crippen LogP contribution in [0.5, 0.6) is 0 Å². The summed E-state index contributed by atoms with van der Waals surface area (Å²) >= 11 is 1.41. The van der Waals surface area contributed by atoms with Gasteiger partial charge >= 0.3 is 0 Å². The van der Waals surface area contributed by atoms with Crippen LogP contribution < -0.4 is 5.32 Å². The average molecular weight is 288 g/mol. The van der Waals surface area contributed by atoms with Gasteiger partial charge in [0.25, 0.3) is 5.91 Å². The lowest BCUT2D eigenvalue weighted by molar-refractivity contribution is 0.0971. The fourth-order valence-electron chi connectivity index (χ4n) is 2.21. The summed E-state index contributed by atoms with van der Waals surface area (Å²) in [6.45, 7) is 6.28. The van der Waals surface area contributed by atoms with Crippen molar-refractivity contribution in [1.82, 2.24) is 10.3 Å². The molecule has 0 fully saturated rings. The number of amides is 1. The summed E-state index contributed by atoms with van der Waals surface area (Å²) in [5.74, 6) is -0.0982. The fraction of sp³-hybridized carbons (Fsp3) is 0.375. The van der Waals surface area contributed by atoms with Crippen molar-refractivity contribution in [3.63, 3.8) is 0 Å². The summed E-state index contributed by atoms with van der Waals surface area (Å²) < 4.78 is 0. The Bertz CT molecular complexity index is 583. The average Bonchev–Trinajstić information content (AvgIpc) is 2.74. The number of hydrogen-bond acceptors (Lipinski definition) is 3. The van der Waals surface area contributed by atoms with Gasteiger partial charge in [-0.1, -0.05) is 38.5 Å². The van der Waals surface area contributed by atoms with Crippen LogP contribution in [0.15, 0.2) is 42.3 Å². The second kappa shape index (κ2) is 6.18. The minimum Gasteiger partial charge on any atom is -0.321 e. The lowest BCUT2D eigenvalue weighted by Crippen LogP contribution is -2.20. The van der Waals surface area contributed by atoms with Crippen molar-refractivity contribution in [2.24, 2.45) is 5.41 Å². The Balaban J connectivity index is 2.06. The number of carbonyl (C=O) groups excluding carboxylic acids is 1. The van der Waals surface area contributed by atoms with E-state index in [2.05, 4.69) is 36.3 Å². The maximum Gasteiger partial charge on any atom is 0.267 e. The molecule has 1 heterocycles. The number of thiazole rings is 1. The summed E-state index contributed by atoms with van der Waals surface area (Å²) in [5, 5.41) is 3.82. The lowest BCUT2D eigenvalue weighted by Gasteiger charge is -2.20. The molecule has 0 spiro atoms. The lowest BCUT2D eigenvalue weighted by atomic mass is 9.85. The number of aryl methyl sites for hydroxylation is 1. The van der Waals surface area contributed by atoms with Crippen molar-refractivity contribution in [2.75, 3.05) is 0 Å². The molecule has 1 unspecified atom stereocenters. The first kappa shape index (κ1) is 14.7. The van der Waals surface area contributed by atoms with Gasteiger partial charge in [0, 0.05) is 11.1 Å². The number of hydrogen-bond donors (Lipinski definition) is 1. The molecule has 0 saturated carbocycles. The number of allylic oxidation sites excluding steroid dienone is 5. The van der Waals surface area contributed by atoms with Crippen molar-refractivity contribution in [3.8, 4) is 0 Å². The van der Waals surface area contributed by atoms with Crippen LogP contribution in [0, 0.1) is 12.3 Å². The normalized spacial score (nSPS) is 21.4. The van der Waals surface area contributed by atoms with Gasteiger partial charge in [-0.25, -0.2) is 4.98 Å². The Labute approximate surface area is 124 Å². The van der Waals surface area contributed by atoms with Gasteiger partial charge in [-0.15, -0.1) is 11.3 Å². The molecule has 3 nitrogen and oxygen atoms in total. The van der Waals surface area contributed by atoms with E-state index in [1.54, 1.807) is 6.20 Å². The molecule has 20 heavy (non-hydrogen) atoms. The number of carbonyl (C=O) groups is 1. The predicted molar refractivity (Wildman–Crippen MR) is 83.7 cm³/mol. The van der Waals surface area contributed by atoms with Crippen LogP contribution >= 0.6 is 11.3 Å². The Morgan fingerprint density at radius 2 is 2.25 bits per heavy atom. The van der Waals surface area contributed by atoms with E-state index in [-0.39, 0.29) is 11.3 Å². The summed E-state index contributed by atoms with van der Waals surface area (Å²) in [6.07, 6.45) is 14.1. The SMILES string of the molecule is CCCC1(C)C=CC=C(NC(=O)c2cnc(C)s2)C=C1. The molecule has 1 aliphatic carbocycles. The molecule has 1 atom stereocenters. The van der Waals surface area contributed by atoms with E-state index in [4.69, 9.17) is 0 Å². The minimum atomic E-state index is -0.0982. The summed E-state index contributed by atoms with van der Waals surface area (Å²) in [7, 11) is 0. The van der Waals surface area contributed by atoms with Gasteiger partial charge in [0.1, 0.15) is 4.88 Å². The van der Waals surface area contributed by atoms with Gasteiger partial charge in [-0.2, -0.15) is 0 Å². The van der Waals surface area contributed by atoms with E-state index in [1.165, 1.54) is 11.3 Å². The second-order valence-electron chi connectivity index (χ2n) is 5.27. The number of nitrogens with zero attached hydrogens (tertiary/aromatic N) is 1. The Hall–Kier alpha value is -1.68. The predicted octanol–water partition coefficient (Wildman–Crippen LogP) is 4.00. The first-order chi connectivity index (χ1) is 9.52. The molecule has 0 radical (unpaired) electrons. The van der Waals surface area contributed by atoms with Crippen LogP contribution in [-0.2, 0) is 0 Å². The molecule has 0 bridgehead atoms. The third-order valence-electron chi connectivity index (χ3n) is 3.29. The van der Waals surface area contributed by atoms with E-state index < -0.39 is 0 Å². The van der Waals surface area contributed by atoms with Crippen molar-refractivity contribution in [3.05, 3.63) is 52.2 Å². The molecule has 0 aliphatic heterocycles. The van der Waals surface area contributed by atoms with Crippen molar-refractivity contribution >= 4 is 17.2 Å². The highest BCUT2D eigenvalue weighted by atomic mass is 32.1. The van der Waals surface area contributed by atoms with E-state index in [0.29, 0.717) is 4.88 Å². The van der Waals surface area contributed by atoms with Crippen LogP contribution in [0.25, 0.3) is 0 Å². The van der Waals surface area contributed by atoms with Crippen LogP contribution in [0.1, 0.15) is 41.4 Å². The molecular weight excluding hydrogens is 268 g/mol. The summed E-state index contributed by atoms with van der Waals surface area (Å²) in [4.78, 5) is 16.8. The fourth-order valence-corrected chi connectivity index (χ4v) is 2.88. The third kappa shape index (κ3) is 3.67. The standard InChI is InChI=1S/C16H20N2OS/c1-4-8-16(3)9-5-6-13(7-10-16)18-15(19)14-11-17-12(2)20-14/h5-7,9-11H,4,8H2,1-3H3,(H,18,19). The molecule has 2 rings (SSSR count). The minimum absolute atomic E-state index is 0.0683. The molecule has 1 aliphatic rings. The van der Waals surface area contributed by atoms with Gasteiger partial charge < -0.3 is 5.32 Å². The molecule has 1 aromatic heterocycles. The molecule has 4 heteroatoms. The van der Waals surface area contributed by atoms with Crippen molar-refractivity contribution in [1.29, 1.82) is 0 Å². The number of aromatic nitrogens is 1. The first-order valence-electron chi connectivity index (χ1n) is 6.85. The Morgan fingerprint density at radius 3 is 2.90 bits per heavy atom. The highest BCUT2D eigenvalue weighted by molar-refractivity contribution is 7.13. The molecular formula is C16H20N2OS. The summed E-state index contributed by atoms with van der Waals surface area (Å²) in [5.41, 5.74) is 0.885. The monoisotopic (exact) mass is 288 g/mol. The van der Waals surface area contributed by atoms with Gasteiger partial charge in [-0.05, 0) is 25.5 Å². The number of nitrogens with one attached hydrogen (secondary N) is 1. The second-order valence-corrected chi connectivity index (χ2v) is 6.50. The molecule has 106 valence electrons. The van der Waals surface area contributed by atoms with Crippen molar-refractivity contribution in [2.45, 2.75) is 33.6 Å². The maximum atomic E-state index is 12.1. The van der Waals surface area contributed by atoms with E-state index in [1.807, 2.05) is 25.2 Å². The van der Waals surface area contributed by atoms with Gasteiger partial charge in [0.15, 0.2) is 0 Å². The van der Waals surface area contributed by atoms with Crippen LogP contribution in [-0.4, -0.2) is 10.9 Å². The molecule has 0 saturated heterocycles. The number of rotatable bonds is 4. The highest BCUT2D eigenvalue weighted by Gasteiger charge is 2.17. The Morgan fingerprint density at radius 1 is 1.45 bits per heavy atom. The van der Waals surface area contributed by atoms with Gasteiger partial charge in [0.05, 0.1) is 11.2 Å². The molecule has 1 N–H and O–H groups in total.